The summed E-state index contributed by atoms with van der Waals surface area (Å²) in [5.74, 6) is -0.0119. The molecule has 0 fully saturated rings. The van der Waals surface area contributed by atoms with Gasteiger partial charge in [0, 0.05) is 12.4 Å². The quantitative estimate of drug-likeness (QED) is 0.864. The van der Waals surface area contributed by atoms with E-state index in [4.69, 9.17) is 10.5 Å². The van der Waals surface area contributed by atoms with Crippen LogP contribution in [0.2, 0.25) is 0 Å². The van der Waals surface area contributed by atoms with E-state index in [9.17, 15) is 4.79 Å². The van der Waals surface area contributed by atoms with Crippen LogP contribution in [0.5, 0.6) is 0 Å². The Labute approximate surface area is 117 Å². The minimum atomic E-state index is -0.566. The third kappa shape index (κ3) is 3.32. The van der Waals surface area contributed by atoms with Gasteiger partial charge in [-0.2, -0.15) is 0 Å². The van der Waals surface area contributed by atoms with Gasteiger partial charge in [0.15, 0.2) is 11.5 Å². The number of nitrogens with two attached hydrogens (primary N) is 1. The topological polar surface area (TPSA) is 78.1 Å². The fourth-order valence-corrected chi connectivity index (χ4v) is 1.72. The fraction of sp³-hybridized carbons (Fsp3) is 0.267. The first kappa shape index (κ1) is 14.0. The summed E-state index contributed by atoms with van der Waals surface area (Å²) in [4.78, 5) is 19.5. The minimum Gasteiger partial charge on any atom is -0.456 e. The first-order valence-corrected chi connectivity index (χ1v) is 6.40. The van der Waals surface area contributed by atoms with Crippen LogP contribution < -0.4 is 5.73 Å². The molecule has 0 saturated heterocycles. The van der Waals surface area contributed by atoms with Crippen molar-refractivity contribution in [1.82, 2.24) is 9.97 Å². The Morgan fingerprint density at radius 2 is 1.85 bits per heavy atom. The number of nitrogen functional groups attached to an aromatic ring is 1. The second-order valence-electron chi connectivity index (χ2n) is 4.76. The van der Waals surface area contributed by atoms with Crippen LogP contribution in [0.3, 0.4) is 0 Å². The summed E-state index contributed by atoms with van der Waals surface area (Å²) in [6.45, 7) is 4.45. The zero-order chi connectivity index (χ0) is 14.5. The molecule has 0 aliphatic carbocycles. The normalized spacial score (nSPS) is 10.6. The smallest absolute Gasteiger partial charge is 0.361 e. The summed E-state index contributed by atoms with van der Waals surface area (Å²) in [6, 6.07) is 7.96. The molecule has 2 N–H and O–H groups in total. The number of esters is 1. The Bertz CT molecular complexity index is 594. The maximum atomic E-state index is 11.8. The van der Waals surface area contributed by atoms with Crippen LogP contribution in [0.1, 0.15) is 41.4 Å². The molecule has 0 radical (unpaired) electrons. The molecule has 2 aromatic rings. The van der Waals surface area contributed by atoms with E-state index in [1.165, 1.54) is 18.0 Å². The molecule has 2 rings (SSSR count). The molecular formula is C15H17N3O2. The number of carbonyl (C=O) groups is 1. The Morgan fingerprint density at radius 3 is 2.45 bits per heavy atom. The molecule has 1 heterocycles. The molecule has 0 aliphatic rings. The third-order valence-corrected chi connectivity index (χ3v) is 2.94. The molecule has 0 unspecified atom stereocenters. The number of aromatic nitrogens is 2. The van der Waals surface area contributed by atoms with Crippen molar-refractivity contribution in [3.63, 3.8) is 0 Å². The van der Waals surface area contributed by atoms with E-state index in [1.54, 1.807) is 0 Å². The average molecular weight is 271 g/mol. The summed E-state index contributed by atoms with van der Waals surface area (Å²) in [6.07, 6.45) is 2.83. The number of carbonyl (C=O) groups excluding carboxylic acids is 1. The zero-order valence-electron chi connectivity index (χ0n) is 11.5. The number of benzene rings is 1. The summed E-state index contributed by atoms with van der Waals surface area (Å²) < 4.78 is 5.17. The van der Waals surface area contributed by atoms with Crippen molar-refractivity contribution in [3.05, 3.63) is 53.5 Å². The number of rotatable bonds is 4. The summed E-state index contributed by atoms with van der Waals surface area (Å²) in [5.41, 5.74) is 7.79. The molecular weight excluding hydrogens is 254 g/mol. The van der Waals surface area contributed by atoms with Gasteiger partial charge in [0.25, 0.3) is 0 Å². The van der Waals surface area contributed by atoms with E-state index in [1.807, 2.05) is 24.3 Å². The number of ether oxygens (including phenoxy) is 1. The van der Waals surface area contributed by atoms with Gasteiger partial charge in [0.05, 0.1) is 0 Å². The summed E-state index contributed by atoms with van der Waals surface area (Å²) in [7, 11) is 0. The Morgan fingerprint density at radius 1 is 1.20 bits per heavy atom. The molecule has 0 aliphatic heterocycles. The number of nitrogens with zero attached hydrogens (tertiary/aromatic N) is 2. The SMILES string of the molecule is CC(C)c1ccc(COC(=O)c2nccnc2N)cc1. The van der Waals surface area contributed by atoms with Crippen LogP contribution in [-0.2, 0) is 11.3 Å². The number of hydrogen-bond donors (Lipinski definition) is 1. The highest BCUT2D eigenvalue weighted by atomic mass is 16.5. The molecule has 0 spiro atoms. The van der Waals surface area contributed by atoms with Crippen LogP contribution in [0.4, 0.5) is 5.82 Å². The lowest BCUT2D eigenvalue weighted by Crippen LogP contribution is -2.11. The molecule has 0 atom stereocenters. The molecule has 5 heteroatoms. The largest absolute Gasteiger partial charge is 0.456 e. The number of anilines is 1. The van der Waals surface area contributed by atoms with E-state index in [0.717, 1.165) is 5.56 Å². The molecule has 1 aromatic carbocycles. The highest BCUT2D eigenvalue weighted by Gasteiger charge is 2.13. The van der Waals surface area contributed by atoms with Gasteiger partial charge in [-0.25, -0.2) is 14.8 Å². The predicted molar refractivity (Wildman–Crippen MR) is 76.1 cm³/mol. The van der Waals surface area contributed by atoms with Crippen molar-refractivity contribution in [3.8, 4) is 0 Å². The van der Waals surface area contributed by atoms with Crippen molar-refractivity contribution >= 4 is 11.8 Å². The first-order chi connectivity index (χ1) is 9.58. The maximum absolute atomic E-state index is 11.8. The van der Waals surface area contributed by atoms with Gasteiger partial charge in [0.2, 0.25) is 0 Å². The van der Waals surface area contributed by atoms with Gasteiger partial charge in [0.1, 0.15) is 6.61 Å². The summed E-state index contributed by atoms with van der Waals surface area (Å²) in [5, 5.41) is 0. The van der Waals surface area contributed by atoms with Crippen LogP contribution in [0.15, 0.2) is 36.7 Å². The van der Waals surface area contributed by atoms with E-state index in [0.29, 0.717) is 5.92 Å². The van der Waals surface area contributed by atoms with Gasteiger partial charge >= 0.3 is 5.97 Å². The van der Waals surface area contributed by atoms with E-state index in [-0.39, 0.29) is 18.1 Å². The molecule has 0 saturated carbocycles. The second-order valence-corrected chi connectivity index (χ2v) is 4.76. The molecule has 104 valence electrons. The van der Waals surface area contributed by atoms with E-state index in [2.05, 4.69) is 23.8 Å². The molecule has 0 bridgehead atoms. The lowest BCUT2D eigenvalue weighted by Gasteiger charge is -2.08. The molecule has 20 heavy (non-hydrogen) atoms. The molecule has 1 aromatic heterocycles. The maximum Gasteiger partial charge on any atom is 0.361 e. The lowest BCUT2D eigenvalue weighted by molar-refractivity contribution is 0.0466. The van der Waals surface area contributed by atoms with Gasteiger partial charge in [-0.15, -0.1) is 0 Å². The summed E-state index contributed by atoms with van der Waals surface area (Å²) >= 11 is 0. The van der Waals surface area contributed by atoms with E-state index >= 15 is 0 Å². The van der Waals surface area contributed by atoms with Crippen molar-refractivity contribution in [1.29, 1.82) is 0 Å². The lowest BCUT2D eigenvalue weighted by atomic mass is 10.0. The highest BCUT2D eigenvalue weighted by Crippen LogP contribution is 2.15. The Balaban J connectivity index is 1.98. The zero-order valence-corrected chi connectivity index (χ0v) is 11.5. The third-order valence-electron chi connectivity index (χ3n) is 2.94. The number of hydrogen-bond acceptors (Lipinski definition) is 5. The van der Waals surface area contributed by atoms with Crippen molar-refractivity contribution in [2.24, 2.45) is 0 Å². The van der Waals surface area contributed by atoms with Crippen molar-refractivity contribution in [2.75, 3.05) is 5.73 Å². The van der Waals surface area contributed by atoms with Crippen LogP contribution in [0.25, 0.3) is 0 Å². The van der Waals surface area contributed by atoms with Crippen molar-refractivity contribution < 1.29 is 9.53 Å². The first-order valence-electron chi connectivity index (χ1n) is 6.40. The van der Waals surface area contributed by atoms with Gasteiger partial charge < -0.3 is 10.5 Å². The standard InChI is InChI=1S/C15H17N3O2/c1-10(2)12-5-3-11(4-6-12)9-20-15(19)13-14(16)18-8-7-17-13/h3-8,10H,9H2,1-2H3,(H2,16,18). The highest BCUT2D eigenvalue weighted by molar-refractivity contribution is 5.91. The Kier molecular flexibility index (Phi) is 4.30. The monoisotopic (exact) mass is 271 g/mol. The minimum absolute atomic E-state index is 0.0475. The second kappa shape index (κ2) is 6.14. The van der Waals surface area contributed by atoms with Gasteiger partial charge in [-0.1, -0.05) is 38.1 Å². The Hall–Kier alpha value is -2.43. The van der Waals surface area contributed by atoms with Gasteiger partial charge in [-0.3, -0.25) is 0 Å². The predicted octanol–water partition coefficient (Wildman–Crippen LogP) is 2.54. The average Bonchev–Trinajstić information content (AvgIpc) is 2.45. The van der Waals surface area contributed by atoms with Crippen LogP contribution in [-0.4, -0.2) is 15.9 Å². The van der Waals surface area contributed by atoms with Crippen LogP contribution in [0, 0.1) is 0 Å². The van der Waals surface area contributed by atoms with Gasteiger partial charge in [-0.05, 0) is 17.0 Å². The molecule has 0 amide bonds. The van der Waals surface area contributed by atoms with Crippen molar-refractivity contribution in [2.45, 2.75) is 26.4 Å². The fourth-order valence-electron chi connectivity index (χ4n) is 1.72. The van der Waals surface area contributed by atoms with Crippen LogP contribution >= 0.6 is 0 Å². The van der Waals surface area contributed by atoms with E-state index < -0.39 is 5.97 Å². The molecule has 5 nitrogen and oxygen atoms in total.